The number of aliphatic imine (C=N–C) groups is 1. The van der Waals surface area contributed by atoms with E-state index in [1.165, 1.54) is 6.33 Å². The van der Waals surface area contributed by atoms with Gasteiger partial charge in [0.2, 0.25) is 0 Å². The van der Waals surface area contributed by atoms with Crippen molar-refractivity contribution in [1.82, 2.24) is 15.3 Å². The van der Waals surface area contributed by atoms with Crippen molar-refractivity contribution in [3.05, 3.63) is 17.2 Å². The third-order valence-electron chi connectivity index (χ3n) is 2.08. The fraction of sp³-hybridized carbons (Fsp3) is 0.444. The Morgan fingerprint density at radius 1 is 1.56 bits per heavy atom. The van der Waals surface area contributed by atoms with Crippen molar-refractivity contribution in [2.75, 3.05) is 25.5 Å². The highest BCUT2D eigenvalue weighted by molar-refractivity contribution is 6.32. The molecule has 1 aliphatic heterocycles. The number of nitrogens with one attached hydrogen (secondary N) is 2. The Morgan fingerprint density at radius 3 is 3.12 bits per heavy atom. The van der Waals surface area contributed by atoms with Gasteiger partial charge in [-0.1, -0.05) is 11.6 Å². The summed E-state index contributed by atoms with van der Waals surface area (Å²) in [4.78, 5) is 12.2. The SMILES string of the molecule is COCc1ncnc(Cl)c1NC1=NCCN1. The molecule has 1 aliphatic rings. The second-order valence-corrected chi connectivity index (χ2v) is 3.56. The number of nitrogens with zero attached hydrogens (tertiary/aromatic N) is 3. The van der Waals surface area contributed by atoms with E-state index < -0.39 is 0 Å². The van der Waals surface area contributed by atoms with Crippen LogP contribution in [0, 0.1) is 0 Å². The third kappa shape index (κ3) is 2.40. The fourth-order valence-electron chi connectivity index (χ4n) is 1.37. The van der Waals surface area contributed by atoms with Gasteiger partial charge in [-0.15, -0.1) is 0 Å². The van der Waals surface area contributed by atoms with E-state index in [0.29, 0.717) is 29.1 Å². The summed E-state index contributed by atoms with van der Waals surface area (Å²) < 4.78 is 5.04. The van der Waals surface area contributed by atoms with Crippen LogP contribution in [-0.2, 0) is 11.3 Å². The number of aromatic nitrogens is 2. The zero-order chi connectivity index (χ0) is 11.4. The molecule has 0 bridgehead atoms. The maximum atomic E-state index is 5.99. The Labute approximate surface area is 98.1 Å². The van der Waals surface area contributed by atoms with Crippen LogP contribution in [0.5, 0.6) is 0 Å². The minimum absolute atomic E-state index is 0.360. The highest BCUT2D eigenvalue weighted by atomic mass is 35.5. The van der Waals surface area contributed by atoms with Crippen molar-refractivity contribution in [3.8, 4) is 0 Å². The number of ether oxygens (including phenoxy) is 1. The molecule has 2 N–H and O–H groups in total. The highest BCUT2D eigenvalue weighted by Crippen LogP contribution is 2.22. The third-order valence-corrected chi connectivity index (χ3v) is 2.36. The van der Waals surface area contributed by atoms with Crippen molar-refractivity contribution in [1.29, 1.82) is 0 Å². The molecule has 2 heterocycles. The lowest BCUT2D eigenvalue weighted by atomic mass is 10.3. The van der Waals surface area contributed by atoms with E-state index in [1.807, 2.05) is 0 Å². The molecule has 0 aromatic carbocycles. The van der Waals surface area contributed by atoms with Gasteiger partial charge in [0.1, 0.15) is 12.0 Å². The smallest absolute Gasteiger partial charge is 0.196 e. The number of hydrogen-bond acceptors (Lipinski definition) is 6. The first kappa shape index (κ1) is 11.1. The number of hydrogen-bond donors (Lipinski definition) is 2. The standard InChI is InChI=1S/C9H12ClN5O/c1-16-4-6-7(8(10)14-5-13-6)15-9-11-2-3-12-9/h5H,2-4H2,1H3,(H2,11,12,15). The second kappa shape index (κ2) is 5.09. The summed E-state index contributed by atoms with van der Waals surface area (Å²) in [6, 6.07) is 0. The van der Waals surface area contributed by atoms with Crippen LogP contribution in [0.3, 0.4) is 0 Å². The van der Waals surface area contributed by atoms with Crippen molar-refractivity contribution in [2.45, 2.75) is 6.61 Å². The fourth-order valence-corrected chi connectivity index (χ4v) is 1.57. The van der Waals surface area contributed by atoms with Gasteiger partial charge in [0, 0.05) is 13.7 Å². The monoisotopic (exact) mass is 241 g/mol. The van der Waals surface area contributed by atoms with Gasteiger partial charge >= 0.3 is 0 Å². The van der Waals surface area contributed by atoms with Gasteiger partial charge in [-0.25, -0.2) is 9.97 Å². The van der Waals surface area contributed by atoms with Crippen LogP contribution in [-0.4, -0.2) is 36.1 Å². The quantitative estimate of drug-likeness (QED) is 0.761. The zero-order valence-electron chi connectivity index (χ0n) is 8.83. The van der Waals surface area contributed by atoms with E-state index >= 15 is 0 Å². The lowest BCUT2D eigenvalue weighted by Gasteiger charge is -2.11. The molecule has 0 atom stereocenters. The largest absolute Gasteiger partial charge is 0.378 e. The minimum atomic E-state index is 0.360. The molecule has 0 amide bonds. The van der Waals surface area contributed by atoms with E-state index in [4.69, 9.17) is 16.3 Å². The molecule has 2 rings (SSSR count). The minimum Gasteiger partial charge on any atom is -0.378 e. The molecule has 16 heavy (non-hydrogen) atoms. The van der Waals surface area contributed by atoms with Gasteiger partial charge in [-0.05, 0) is 0 Å². The normalized spacial score (nSPS) is 14.5. The molecular formula is C9H12ClN5O. The molecule has 6 nitrogen and oxygen atoms in total. The molecule has 0 spiro atoms. The maximum absolute atomic E-state index is 5.99. The van der Waals surface area contributed by atoms with Gasteiger partial charge in [0.15, 0.2) is 11.1 Å². The van der Waals surface area contributed by atoms with E-state index in [1.54, 1.807) is 7.11 Å². The predicted molar refractivity (Wildman–Crippen MR) is 61.7 cm³/mol. The number of methoxy groups -OCH3 is 1. The summed E-state index contributed by atoms with van der Waals surface area (Å²) in [6.45, 7) is 1.96. The molecular weight excluding hydrogens is 230 g/mol. The van der Waals surface area contributed by atoms with E-state index in [2.05, 4.69) is 25.6 Å². The average molecular weight is 242 g/mol. The first-order chi connectivity index (χ1) is 7.81. The molecule has 0 radical (unpaired) electrons. The Hall–Kier alpha value is -1.40. The number of guanidine groups is 1. The molecule has 0 saturated carbocycles. The summed E-state index contributed by atoms with van der Waals surface area (Å²) in [5.41, 5.74) is 1.35. The summed E-state index contributed by atoms with van der Waals surface area (Å²) in [6.07, 6.45) is 1.41. The van der Waals surface area contributed by atoms with Crippen molar-refractivity contribution >= 4 is 23.2 Å². The van der Waals surface area contributed by atoms with Gasteiger partial charge in [-0.2, -0.15) is 0 Å². The van der Waals surface area contributed by atoms with Crippen LogP contribution >= 0.6 is 11.6 Å². The first-order valence-corrected chi connectivity index (χ1v) is 5.22. The molecule has 86 valence electrons. The molecule has 0 saturated heterocycles. The lowest BCUT2D eigenvalue weighted by Crippen LogP contribution is -2.27. The van der Waals surface area contributed by atoms with Gasteiger partial charge in [0.05, 0.1) is 18.8 Å². The number of anilines is 1. The van der Waals surface area contributed by atoms with Gasteiger partial charge < -0.3 is 15.4 Å². The first-order valence-electron chi connectivity index (χ1n) is 4.85. The van der Waals surface area contributed by atoms with Crippen LogP contribution in [0.15, 0.2) is 11.3 Å². The zero-order valence-corrected chi connectivity index (χ0v) is 9.58. The van der Waals surface area contributed by atoms with E-state index in [0.717, 1.165) is 13.1 Å². The molecule has 7 heteroatoms. The molecule has 1 aromatic rings. The summed E-state index contributed by atoms with van der Waals surface area (Å²) in [5.74, 6) is 0.689. The van der Waals surface area contributed by atoms with E-state index in [-0.39, 0.29) is 0 Å². The second-order valence-electron chi connectivity index (χ2n) is 3.20. The van der Waals surface area contributed by atoms with E-state index in [9.17, 15) is 0 Å². The summed E-state index contributed by atoms with van der Waals surface area (Å²) in [7, 11) is 1.60. The lowest BCUT2D eigenvalue weighted by molar-refractivity contribution is 0.182. The number of rotatable bonds is 3. The van der Waals surface area contributed by atoms with Gasteiger partial charge in [-0.3, -0.25) is 4.99 Å². The molecule has 0 aliphatic carbocycles. The van der Waals surface area contributed by atoms with Crippen molar-refractivity contribution in [3.63, 3.8) is 0 Å². The highest BCUT2D eigenvalue weighted by Gasteiger charge is 2.13. The summed E-state index contributed by atoms with van der Waals surface area (Å²) >= 11 is 5.99. The molecule has 0 unspecified atom stereocenters. The Balaban J connectivity index is 2.22. The topological polar surface area (TPSA) is 71.4 Å². The molecule has 0 fully saturated rings. The Bertz CT molecular complexity index is 409. The number of halogens is 1. The average Bonchev–Trinajstić information content (AvgIpc) is 2.76. The van der Waals surface area contributed by atoms with Gasteiger partial charge in [0.25, 0.3) is 0 Å². The Morgan fingerprint density at radius 2 is 2.44 bits per heavy atom. The van der Waals surface area contributed by atoms with Crippen molar-refractivity contribution in [2.24, 2.45) is 4.99 Å². The Kier molecular flexibility index (Phi) is 3.53. The summed E-state index contributed by atoms with van der Waals surface area (Å²) in [5, 5.41) is 6.51. The van der Waals surface area contributed by atoms with Crippen LogP contribution in [0.4, 0.5) is 5.69 Å². The maximum Gasteiger partial charge on any atom is 0.196 e. The van der Waals surface area contributed by atoms with Crippen LogP contribution in [0.2, 0.25) is 5.15 Å². The van der Waals surface area contributed by atoms with Crippen molar-refractivity contribution < 1.29 is 4.74 Å². The predicted octanol–water partition coefficient (Wildman–Crippen LogP) is 0.648. The van der Waals surface area contributed by atoms with Crippen LogP contribution in [0.25, 0.3) is 0 Å². The molecule has 1 aromatic heterocycles. The van der Waals surface area contributed by atoms with Crippen LogP contribution in [0.1, 0.15) is 5.69 Å². The van der Waals surface area contributed by atoms with Crippen LogP contribution < -0.4 is 10.6 Å².